The zero-order valence-electron chi connectivity index (χ0n) is 9.61. The number of thiophene rings is 1. The molecule has 0 radical (unpaired) electrons. The minimum absolute atomic E-state index is 0.219. The summed E-state index contributed by atoms with van der Waals surface area (Å²) in [5.41, 5.74) is 0. The van der Waals surface area contributed by atoms with Gasteiger partial charge in [0, 0.05) is 24.5 Å². The maximum atomic E-state index is 11.9. The fourth-order valence-corrected chi connectivity index (χ4v) is 2.74. The Hall–Kier alpha value is -0.870. The van der Waals surface area contributed by atoms with Crippen LogP contribution in [0.25, 0.3) is 0 Å². The van der Waals surface area contributed by atoms with Gasteiger partial charge in [-0.15, -0.1) is 11.3 Å². The summed E-state index contributed by atoms with van der Waals surface area (Å²) in [6.07, 6.45) is 2.97. The SMILES string of the molecule is CN(CC1CCCN1)C(=O)Cc1cccs1. The van der Waals surface area contributed by atoms with Gasteiger partial charge in [-0.2, -0.15) is 0 Å². The molecule has 88 valence electrons. The standard InChI is InChI=1S/C12H18N2OS/c1-14(9-10-4-2-6-13-10)12(15)8-11-5-3-7-16-11/h3,5,7,10,13H,2,4,6,8-9H2,1H3. The molecular weight excluding hydrogens is 220 g/mol. The third kappa shape index (κ3) is 3.06. The summed E-state index contributed by atoms with van der Waals surface area (Å²) in [5, 5.41) is 5.42. The molecule has 1 amide bonds. The van der Waals surface area contributed by atoms with Crippen molar-refractivity contribution in [3.8, 4) is 0 Å². The molecule has 1 saturated heterocycles. The first-order valence-electron chi connectivity index (χ1n) is 5.75. The quantitative estimate of drug-likeness (QED) is 0.862. The molecule has 2 rings (SSSR count). The molecule has 3 nitrogen and oxygen atoms in total. The topological polar surface area (TPSA) is 32.3 Å². The highest BCUT2D eigenvalue weighted by molar-refractivity contribution is 7.10. The molecule has 0 saturated carbocycles. The van der Waals surface area contributed by atoms with E-state index in [1.54, 1.807) is 11.3 Å². The second kappa shape index (κ2) is 5.46. The van der Waals surface area contributed by atoms with Crippen molar-refractivity contribution in [2.45, 2.75) is 25.3 Å². The summed E-state index contributed by atoms with van der Waals surface area (Å²) in [7, 11) is 1.90. The Labute approximate surface area is 100 Å². The summed E-state index contributed by atoms with van der Waals surface area (Å²) < 4.78 is 0. The Balaban J connectivity index is 1.79. The van der Waals surface area contributed by atoms with Crippen LogP contribution in [0.5, 0.6) is 0 Å². The number of hydrogen-bond acceptors (Lipinski definition) is 3. The van der Waals surface area contributed by atoms with Crippen LogP contribution in [0.1, 0.15) is 17.7 Å². The molecule has 1 atom stereocenters. The highest BCUT2D eigenvalue weighted by Gasteiger charge is 2.18. The molecule has 0 bridgehead atoms. The Morgan fingerprint density at radius 3 is 3.19 bits per heavy atom. The van der Waals surface area contributed by atoms with Crippen LogP contribution in [0.4, 0.5) is 0 Å². The van der Waals surface area contributed by atoms with Crippen molar-refractivity contribution in [2.24, 2.45) is 0 Å². The fourth-order valence-electron chi connectivity index (χ4n) is 2.04. The second-order valence-electron chi connectivity index (χ2n) is 4.32. The van der Waals surface area contributed by atoms with Crippen molar-refractivity contribution in [1.82, 2.24) is 10.2 Å². The first-order valence-corrected chi connectivity index (χ1v) is 6.63. The van der Waals surface area contributed by atoms with E-state index in [0.29, 0.717) is 12.5 Å². The van der Waals surface area contributed by atoms with E-state index >= 15 is 0 Å². The summed E-state index contributed by atoms with van der Waals surface area (Å²) in [5.74, 6) is 0.219. The van der Waals surface area contributed by atoms with Gasteiger partial charge in [-0.25, -0.2) is 0 Å². The van der Waals surface area contributed by atoms with E-state index in [0.717, 1.165) is 18.0 Å². The van der Waals surface area contributed by atoms with Crippen molar-refractivity contribution in [3.63, 3.8) is 0 Å². The third-order valence-electron chi connectivity index (χ3n) is 2.99. The molecule has 0 aromatic carbocycles. The first kappa shape index (κ1) is 11.6. The molecule has 1 unspecified atom stereocenters. The average Bonchev–Trinajstić information content (AvgIpc) is 2.90. The van der Waals surface area contributed by atoms with Gasteiger partial charge in [0.1, 0.15) is 0 Å². The van der Waals surface area contributed by atoms with Crippen LogP contribution in [0.3, 0.4) is 0 Å². The minimum atomic E-state index is 0.219. The number of carbonyl (C=O) groups excluding carboxylic acids is 1. The predicted octanol–water partition coefficient (Wildman–Crippen LogP) is 1.50. The molecule has 16 heavy (non-hydrogen) atoms. The number of hydrogen-bond donors (Lipinski definition) is 1. The maximum absolute atomic E-state index is 11.9. The smallest absolute Gasteiger partial charge is 0.227 e. The molecule has 0 aliphatic carbocycles. The van der Waals surface area contributed by atoms with Crippen LogP contribution in [0.2, 0.25) is 0 Å². The summed E-state index contributed by atoms with van der Waals surface area (Å²) in [4.78, 5) is 14.9. The molecule has 2 heterocycles. The average molecular weight is 238 g/mol. The number of amides is 1. The molecule has 1 fully saturated rings. The van der Waals surface area contributed by atoms with Gasteiger partial charge in [-0.3, -0.25) is 4.79 Å². The van der Waals surface area contributed by atoms with E-state index in [1.807, 2.05) is 29.5 Å². The molecule has 1 aromatic heterocycles. The molecule has 4 heteroatoms. The largest absolute Gasteiger partial charge is 0.344 e. The number of nitrogens with one attached hydrogen (secondary N) is 1. The molecule has 1 aromatic rings. The molecular formula is C12H18N2OS. The van der Waals surface area contributed by atoms with Crippen LogP contribution >= 0.6 is 11.3 Å². The van der Waals surface area contributed by atoms with E-state index < -0.39 is 0 Å². The predicted molar refractivity (Wildman–Crippen MR) is 66.7 cm³/mol. The van der Waals surface area contributed by atoms with Crippen LogP contribution in [0, 0.1) is 0 Å². The Bertz CT molecular complexity index is 331. The Morgan fingerprint density at radius 1 is 1.69 bits per heavy atom. The first-order chi connectivity index (χ1) is 7.75. The number of carbonyl (C=O) groups is 1. The normalized spacial score (nSPS) is 19.9. The lowest BCUT2D eigenvalue weighted by atomic mass is 10.2. The zero-order chi connectivity index (χ0) is 11.4. The van der Waals surface area contributed by atoms with Crippen LogP contribution in [-0.4, -0.2) is 37.0 Å². The van der Waals surface area contributed by atoms with E-state index in [2.05, 4.69) is 5.32 Å². The zero-order valence-corrected chi connectivity index (χ0v) is 10.4. The van der Waals surface area contributed by atoms with Crippen LogP contribution in [-0.2, 0) is 11.2 Å². The van der Waals surface area contributed by atoms with Gasteiger partial charge in [-0.05, 0) is 30.8 Å². The summed E-state index contributed by atoms with van der Waals surface area (Å²) in [6.45, 7) is 1.93. The second-order valence-corrected chi connectivity index (χ2v) is 5.36. The van der Waals surface area contributed by atoms with E-state index in [-0.39, 0.29) is 5.91 Å². The highest BCUT2D eigenvalue weighted by Crippen LogP contribution is 2.11. The number of likely N-dealkylation sites (N-methyl/N-ethyl adjacent to an activating group) is 1. The Kier molecular flexibility index (Phi) is 3.96. The van der Waals surface area contributed by atoms with Gasteiger partial charge in [0.25, 0.3) is 0 Å². The van der Waals surface area contributed by atoms with Gasteiger partial charge in [-0.1, -0.05) is 6.07 Å². The number of nitrogens with zero attached hydrogens (tertiary/aromatic N) is 1. The highest BCUT2D eigenvalue weighted by atomic mass is 32.1. The Morgan fingerprint density at radius 2 is 2.56 bits per heavy atom. The van der Waals surface area contributed by atoms with Crippen LogP contribution < -0.4 is 5.32 Å². The van der Waals surface area contributed by atoms with Crippen molar-refractivity contribution >= 4 is 17.2 Å². The minimum Gasteiger partial charge on any atom is -0.344 e. The van der Waals surface area contributed by atoms with Gasteiger partial charge < -0.3 is 10.2 Å². The third-order valence-corrected chi connectivity index (χ3v) is 3.86. The van der Waals surface area contributed by atoms with Crippen molar-refractivity contribution < 1.29 is 4.79 Å². The lowest BCUT2D eigenvalue weighted by molar-refractivity contribution is -0.129. The number of rotatable bonds is 4. The lowest BCUT2D eigenvalue weighted by Crippen LogP contribution is -2.39. The van der Waals surface area contributed by atoms with Gasteiger partial charge in [0.2, 0.25) is 5.91 Å². The van der Waals surface area contributed by atoms with E-state index in [9.17, 15) is 4.79 Å². The molecule has 1 aliphatic heterocycles. The summed E-state index contributed by atoms with van der Waals surface area (Å²) >= 11 is 1.65. The monoisotopic (exact) mass is 238 g/mol. The maximum Gasteiger partial charge on any atom is 0.227 e. The van der Waals surface area contributed by atoms with E-state index in [1.165, 1.54) is 12.8 Å². The van der Waals surface area contributed by atoms with Crippen molar-refractivity contribution in [3.05, 3.63) is 22.4 Å². The molecule has 1 aliphatic rings. The van der Waals surface area contributed by atoms with E-state index in [4.69, 9.17) is 0 Å². The summed E-state index contributed by atoms with van der Waals surface area (Å²) in [6, 6.07) is 4.51. The fraction of sp³-hybridized carbons (Fsp3) is 0.583. The molecule has 0 spiro atoms. The van der Waals surface area contributed by atoms with Gasteiger partial charge in [0.15, 0.2) is 0 Å². The molecule has 1 N–H and O–H groups in total. The van der Waals surface area contributed by atoms with Crippen molar-refractivity contribution in [1.29, 1.82) is 0 Å². The van der Waals surface area contributed by atoms with Gasteiger partial charge >= 0.3 is 0 Å². The lowest BCUT2D eigenvalue weighted by Gasteiger charge is -2.21. The van der Waals surface area contributed by atoms with Gasteiger partial charge in [0.05, 0.1) is 6.42 Å². The van der Waals surface area contributed by atoms with Crippen LogP contribution in [0.15, 0.2) is 17.5 Å². The van der Waals surface area contributed by atoms with Crippen molar-refractivity contribution in [2.75, 3.05) is 20.1 Å².